The van der Waals surface area contributed by atoms with Crippen molar-refractivity contribution in [2.24, 2.45) is 16.3 Å². The van der Waals surface area contributed by atoms with E-state index < -0.39 is 0 Å². The van der Waals surface area contributed by atoms with Crippen molar-refractivity contribution in [2.75, 3.05) is 0 Å². The molecule has 1 heterocycles. The second kappa shape index (κ2) is 2.50. The van der Waals surface area contributed by atoms with Crippen LogP contribution in [0.25, 0.3) is 0 Å². The number of fused-ring (bicyclic) bond motifs is 1. The van der Waals surface area contributed by atoms with Crippen LogP contribution in [0.5, 0.6) is 0 Å². The van der Waals surface area contributed by atoms with Crippen molar-refractivity contribution >= 4 is 7.98 Å². The van der Waals surface area contributed by atoms with E-state index in [4.69, 9.17) is 0 Å². The van der Waals surface area contributed by atoms with Gasteiger partial charge in [0, 0.05) is 0 Å². The van der Waals surface area contributed by atoms with Crippen molar-refractivity contribution < 1.29 is 0 Å². The normalized spacial score (nSPS) is 42.6. The summed E-state index contributed by atoms with van der Waals surface area (Å²) in [5, 5.41) is 8.36. The highest BCUT2D eigenvalue weighted by Gasteiger charge is 2.36. The maximum absolute atomic E-state index is 4.27. The Balaban J connectivity index is 2.12. The molecule has 11 heavy (non-hydrogen) atoms. The van der Waals surface area contributed by atoms with E-state index in [0.29, 0.717) is 12.1 Å². The van der Waals surface area contributed by atoms with Crippen LogP contribution in [0, 0.1) is 5.92 Å². The zero-order valence-electron chi connectivity index (χ0n) is 7.20. The molecular weight excluding hydrogens is 137 g/mol. The highest BCUT2D eigenvalue weighted by molar-refractivity contribution is 6.04. The lowest BCUT2D eigenvalue weighted by Crippen LogP contribution is -2.39. The molecule has 3 nitrogen and oxygen atoms in total. The maximum Gasteiger partial charge on any atom is 0.244 e. The highest BCUT2D eigenvalue weighted by atomic mass is 15.6. The van der Waals surface area contributed by atoms with E-state index in [1.54, 1.807) is 0 Å². The summed E-state index contributed by atoms with van der Waals surface area (Å²) < 4.78 is 0. The van der Waals surface area contributed by atoms with Crippen LogP contribution in [0.2, 0.25) is 0 Å². The van der Waals surface area contributed by atoms with Crippen molar-refractivity contribution in [3.05, 3.63) is 0 Å². The lowest BCUT2D eigenvalue weighted by molar-refractivity contribution is 0.238. The van der Waals surface area contributed by atoms with Gasteiger partial charge in [0.1, 0.15) is 0 Å². The van der Waals surface area contributed by atoms with E-state index in [1.807, 2.05) is 12.9 Å². The number of rotatable bonds is 0. The molecule has 1 fully saturated rings. The summed E-state index contributed by atoms with van der Waals surface area (Å²) >= 11 is 0. The Kier molecular flexibility index (Phi) is 1.62. The summed E-state index contributed by atoms with van der Waals surface area (Å²) in [6.07, 6.45) is 3.95. The fraction of sp³-hybridized carbons (Fsp3) is 1.00. The molecule has 0 bridgehead atoms. The van der Waals surface area contributed by atoms with Crippen LogP contribution in [0.15, 0.2) is 10.3 Å². The Morgan fingerprint density at radius 1 is 1.45 bits per heavy atom. The van der Waals surface area contributed by atoms with Gasteiger partial charge in [-0.2, -0.15) is 5.11 Å². The van der Waals surface area contributed by atoms with Gasteiger partial charge in [0.15, 0.2) is 0 Å². The van der Waals surface area contributed by atoms with Crippen LogP contribution in [-0.2, 0) is 0 Å². The number of hydrogen-bond acceptors (Lipinski definition) is 3. The molecule has 1 saturated carbocycles. The zero-order chi connectivity index (χ0) is 7.84. The molecule has 3 atom stereocenters. The molecule has 0 N–H and O–H groups in total. The fourth-order valence-corrected chi connectivity index (χ4v) is 2.18. The van der Waals surface area contributed by atoms with Gasteiger partial charge < -0.3 is 4.92 Å². The van der Waals surface area contributed by atoms with Crippen LogP contribution in [0.4, 0.5) is 0 Å². The van der Waals surface area contributed by atoms with E-state index in [2.05, 4.69) is 17.3 Å². The van der Waals surface area contributed by atoms with Crippen LogP contribution < -0.4 is 0 Å². The van der Waals surface area contributed by atoms with Crippen LogP contribution in [-0.4, -0.2) is 25.0 Å². The second-order valence-corrected chi connectivity index (χ2v) is 3.74. The fourth-order valence-electron chi connectivity index (χ4n) is 2.18. The molecular formula is C7H14BN3. The highest BCUT2D eigenvalue weighted by Crippen LogP contribution is 2.33. The Morgan fingerprint density at radius 2 is 2.27 bits per heavy atom. The van der Waals surface area contributed by atoms with Crippen molar-refractivity contribution in [1.29, 1.82) is 0 Å². The van der Waals surface area contributed by atoms with E-state index in [0.717, 1.165) is 5.92 Å². The number of nitrogens with zero attached hydrogens (tertiary/aromatic N) is 3. The van der Waals surface area contributed by atoms with Gasteiger partial charge in [0.25, 0.3) is 0 Å². The van der Waals surface area contributed by atoms with Gasteiger partial charge in [0.2, 0.25) is 7.98 Å². The molecule has 2 aliphatic rings. The third-order valence-corrected chi connectivity index (χ3v) is 2.94. The van der Waals surface area contributed by atoms with E-state index in [1.165, 1.54) is 19.3 Å². The summed E-state index contributed by atoms with van der Waals surface area (Å²) in [4.78, 5) is 2.03. The minimum Gasteiger partial charge on any atom is -0.326 e. The SMILES string of the molecule is BN1N=NC2C(C)CCCC21. The third kappa shape index (κ3) is 1.05. The minimum atomic E-state index is 0.494. The first-order chi connectivity index (χ1) is 5.29. The third-order valence-electron chi connectivity index (χ3n) is 2.94. The van der Waals surface area contributed by atoms with Crippen molar-refractivity contribution in [3.63, 3.8) is 0 Å². The van der Waals surface area contributed by atoms with Crippen molar-refractivity contribution in [2.45, 2.75) is 38.3 Å². The summed E-state index contributed by atoms with van der Waals surface area (Å²) in [5.74, 6) is 0.738. The predicted molar refractivity (Wildman–Crippen MR) is 45.8 cm³/mol. The molecule has 0 spiro atoms. The van der Waals surface area contributed by atoms with Gasteiger partial charge >= 0.3 is 0 Å². The first-order valence-electron chi connectivity index (χ1n) is 4.42. The predicted octanol–water partition coefficient (Wildman–Crippen LogP) is 0.774. The smallest absolute Gasteiger partial charge is 0.244 e. The molecule has 2 rings (SSSR count). The molecule has 0 radical (unpaired) electrons. The summed E-state index contributed by atoms with van der Waals surface area (Å²) in [7, 11) is 2.03. The standard InChI is InChI=1S/C7H14BN3/c1-5-3-2-4-6-7(5)9-10-11(6)8/h5-7H,2-4,8H2,1H3. The average Bonchev–Trinajstić information content (AvgIpc) is 2.35. The average molecular weight is 151 g/mol. The minimum absolute atomic E-state index is 0.494. The van der Waals surface area contributed by atoms with Gasteiger partial charge in [0.05, 0.1) is 12.1 Å². The van der Waals surface area contributed by atoms with Crippen LogP contribution in [0.3, 0.4) is 0 Å². The van der Waals surface area contributed by atoms with Gasteiger partial charge in [-0.25, -0.2) is 0 Å². The lowest BCUT2D eigenvalue weighted by Gasteiger charge is -2.31. The number of hydrogen-bond donors (Lipinski definition) is 0. The molecule has 60 valence electrons. The summed E-state index contributed by atoms with van der Waals surface area (Å²) in [6.45, 7) is 2.29. The maximum atomic E-state index is 4.27. The Morgan fingerprint density at radius 3 is 3.00 bits per heavy atom. The molecule has 1 aliphatic heterocycles. The Labute approximate surface area is 68.3 Å². The molecule has 0 aromatic carbocycles. The summed E-state index contributed by atoms with van der Waals surface area (Å²) in [6, 6.07) is 1.10. The molecule has 3 unspecified atom stereocenters. The first kappa shape index (κ1) is 7.13. The van der Waals surface area contributed by atoms with E-state index in [-0.39, 0.29) is 0 Å². The van der Waals surface area contributed by atoms with Crippen LogP contribution >= 0.6 is 0 Å². The van der Waals surface area contributed by atoms with Crippen molar-refractivity contribution in [1.82, 2.24) is 4.92 Å². The van der Waals surface area contributed by atoms with Crippen LogP contribution in [0.1, 0.15) is 26.2 Å². The van der Waals surface area contributed by atoms with E-state index in [9.17, 15) is 0 Å². The topological polar surface area (TPSA) is 28.0 Å². The molecule has 0 aromatic heterocycles. The Hall–Kier alpha value is -0.535. The Bertz CT molecular complexity index is 183. The van der Waals surface area contributed by atoms with Gasteiger partial charge in [-0.3, -0.25) is 0 Å². The quantitative estimate of drug-likeness (QED) is 0.470. The molecule has 1 aliphatic carbocycles. The van der Waals surface area contributed by atoms with Gasteiger partial charge in [-0.15, -0.1) is 0 Å². The second-order valence-electron chi connectivity index (χ2n) is 3.74. The molecule has 4 heteroatoms. The van der Waals surface area contributed by atoms with Crippen molar-refractivity contribution in [3.8, 4) is 0 Å². The monoisotopic (exact) mass is 151 g/mol. The largest absolute Gasteiger partial charge is 0.326 e. The zero-order valence-corrected chi connectivity index (χ0v) is 7.20. The summed E-state index contributed by atoms with van der Waals surface area (Å²) in [5.41, 5.74) is 0. The molecule has 0 saturated heterocycles. The molecule has 0 aromatic rings. The van der Waals surface area contributed by atoms with E-state index >= 15 is 0 Å². The first-order valence-corrected chi connectivity index (χ1v) is 4.42. The lowest BCUT2D eigenvalue weighted by atomic mass is 9.82. The molecule has 0 amide bonds. The van der Waals surface area contributed by atoms with Gasteiger partial charge in [-0.1, -0.05) is 18.6 Å². The van der Waals surface area contributed by atoms with Gasteiger partial charge in [-0.05, 0) is 18.8 Å².